The zero-order chi connectivity index (χ0) is 29.4. The fraction of sp³-hybridized carbons (Fsp3) is 0.423. The molecule has 0 aliphatic carbocycles. The summed E-state index contributed by atoms with van der Waals surface area (Å²) in [6.07, 6.45) is -9.71. The molecule has 40 heavy (non-hydrogen) atoms. The van der Waals surface area contributed by atoms with Crippen molar-refractivity contribution in [1.29, 1.82) is 0 Å². The van der Waals surface area contributed by atoms with Crippen molar-refractivity contribution in [2.45, 2.75) is 44.7 Å². The number of carbonyl (C=O) groups excluding carboxylic acids is 1. The molecule has 1 aromatic heterocycles. The van der Waals surface area contributed by atoms with E-state index >= 15 is 0 Å². The maximum absolute atomic E-state index is 13.8. The van der Waals surface area contributed by atoms with Crippen molar-refractivity contribution >= 4 is 5.91 Å². The number of halogens is 7. The zero-order valence-corrected chi connectivity index (χ0v) is 21.5. The molecule has 4 rings (SSSR count). The first-order valence-corrected chi connectivity index (χ1v) is 12.3. The predicted molar refractivity (Wildman–Crippen MR) is 129 cm³/mol. The summed E-state index contributed by atoms with van der Waals surface area (Å²) in [6.45, 7) is 2.19. The van der Waals surface area contributed by atoms with Crippen molar-refractivity contribution in [2.24, 2.45) is 5.92 Å². The van der Waals surface area contributed by atoms with Gasteiger partial charge in [0, 0.05) is 32.0 Å². The van der Waals surface area contributed by atoms with Gasteiger partial charge >= 0.3 is 18.0 Å². The lowest BCUT2D eigenvalue weighted by Gasteiger charge is -2.39. The Morgan fingerprint density at radius 2 is 1.73 bits per heavy atom. The smallest absolute Gasteiger partial charge is 0.341 e. The summed E-state index contributed by atoms with van der Waals surface area (Å²) in [5.41, 5.74) is -2.42. The number of aryl methyl sites for hydroxylation is 1. The Morgan fingerprint density at radius 1 is 1.07 bits per heavy atom. The van der Waals surface area contributed by atoms with Gasteiger partial charge in [0.15, 0.2) is 0 Å². The highest BCUT2D eigenvalue weighted by Crippen LogP contribution is 2.38. The molecule has 1 saturated heterocycles. The number of piperidine rings is 1. The summed E-state index contributed by atoms with van der Waals surface area (Å²) in [7, 11) is 1.32. The third kappa shape index (κ3) is 6.72. The molecule has 2 aromatic carbocycles. The van der Waals surface area contributed by atoms with Crippen LogP contribution in [0.1, 0.15) is 46.0 Å². The third-order valence-electron chi connectivity index (χ3n) is 7.01. The van der Waals surface area contributed by atoms with Gasteiger partial charge in [0.2, 0.25) is 5.91 Å². The van der Waals surface area contributed by atoms with Gasteiger partial charge in [-0.1, -0.05) is 6.07 Å². The van der Waals surface area contributed by atoms with Crippen LogP contribution in [0.15, 0.2) is 41.2 Å². The van der Waals surface area contributed by atoms with Crippen LogP contribution in [0.25, 0.3) is 0 Å². The lowest BCUT2D eigenvalue weighted by molar-refractivity contribution is -0.143. The van der Waals surface area contributed by atoms with E-state index in [4.69, 9.17) is 0 Å². The van der Waals surface area contributed by atoms with E-state index in [1.165, 1.54) is 19.2 Å². The lowest BCUT2D eigenvalue weighted by atomic mass is 9.78. The van der Waals surface area contributed by atoms with Crippen molar-refractivity contribution in [1.82, 2.24) is 25.0 Å². The number of carbonyl (C=O) groups is 1. The number of hydrogen-bond donors (Lipinski definition) is 2. The van der Waals surface area contributed by atoms with E-state index in [0.29, 0.717) is 48.6 Å². The highest BCUT2D eigenvalue weighted by atomic mass is 19.4. The van der Waals surface area contributed by atoms with E-state index in [2.05, 4.69) is 15.2 Å². The Balaban J connectivity index is 1.60. The van der Waals surface area contributed by atoms with Gasteiger partial charge in [-0.2, -0.15) is 31.4 Å². The molecular weight excluding hydrogens is 547 g/mol. The molecule has 14 heteroatoms. The Bertz CT molecular complexity index is 1400. The maximum atomic E-state index is 13.8. The van der Waals surface area contributed by atoms with E-state index in [9.17, 15) is 40.3 Å². The fourth-order valence-corrected chi connectivity index (χ4v) is 5.17. The van der Waals surface area contributed by atoms with Crippen LogP contribution >= 0.6 is 0 Å². The number of benzene rings is 2. The van der Waals surface area contributed by atoms with Gasteiger partial charge < -0.3 is 4.90 Å². The summed E-state index contributed by atoms with van der Waals surface area (Å²) in [5.74, 6) is -1.70. The van der Waals surface area contributed by atoms with Crippen molar-refractivity contribution < 1.29 is 35.5 Å². The molecule has 1 aliphatic rings. The van der Waals surface area contributed by atoms with Crippen LogP contribution < -0.4 is 5.69 Å². The number of rotatable bonds is 6. The molecule has 7 nitrogen and oxygen atoms in total. The molecule has 3 aromatic rings. The van der Waals surface area contributed by atoms with Gasteiger partial charge in [0.25, 0.3) is 0 Å². The molecule has 216 valence electrons. The van der Waals surface area contributed by atoms with Crippen molar-refractivity contribution in [3.63, 3.8) is 0 Å². The average Bonchev–Trinajstić information content (AvgIpc) is 3.26. The molecule has 0 spiro atoms. The van der Waals surface area contributed by atoms with Gasteiger partial charge in [-0.05, 0) is 66.9 Å². The fourth-order valence-electron chi connectivity index (χ4n) is 5.17. The minimum absolute atomic E-state index is 0.0426. The second-order valence-corrected chi connectivity index (χ2v) is 9.97. The quantitative estimate of drug-likeness (QED) is 0.413. The molecule has 1 fully saturated rings. The predicted octanol–water partition coefficient (Wildman–Crippen LogP) is 4.85. The normalized spacial score (nSPS) is 18.6. The second-order valence-electron chi connectivity index (χ2n) is 9.97. The summed E-state index contributed by atoms with van der Waals surface area (Å²) < 4.78 is 93.8. The Kier molecular flexibility index (Phi) is 8.11. The molecule has 2 N–H and O–H groups in total. The SMILES string of the molecule is Cc1cc(F)ccc1C1CN(Cc2n[nH]c(=O)[nH]2)CCC1C(=O)N(C)Cc1cc(C(F)(F)F)cc(C(F)(F)F)c1. The number of aromatic nitrogens is 3. The standard InChI is InChI=1S/C26H26F7N5O2/c1-14-7-18(27)3-4-19(14)21-12-38(13-22-34-24(40)36-35-22)6-5-20(21)23(39)37(2)11-15-8-16(25(28,29)30)10-17(9-15)26(31,32)33/h3-4,7-10,20-21H,5-6,11-13H2,1-2H3,(H2,34,35,36,40). The number of aromatic amines is 2. The van der Waals surface area contributed by atoms with Crippen LogP contribution in [0.2, 0.25) is 0 Å². The van der Waals surface area contributed by atoms with Gasteiger partial charge in [-0.3, -0.25) is 14.7 Å². The number of nitrogens with one attached hydrogen (secondary N) is 2. The Hall–Kier alpha value is -3.68. The Labute approximate surface area is 224 Å². The molecule has 0 saturated carbocycles. The van der Waals surface area contributed by atoms with Crippen LogP contribution in [0, 0.1) is 18.7 Å². The van der Waals surface area contributed by atoms with E-state index < -0.39 is 59.3 Å². The first-order valence-electron chi connectivity index (χ1n) is 12.3. The third-order valence-corrected chi connectivity index (χ3v) is 7.01. The van der Waals surface area contributed by atoms with Crippen LogP contribution in [0.4, 0.5) is 30.7 Å². The van der Waals surface area contributed by atoms with Crippen LogP contribution in [0.3, 0.4) is 0 Å². The highest BCUT2D eigenvalue weighted by Gasteiger charge is 2.39. The first kappa shape index (κ1) is 29.3. The Morgan fingerprint density at radius 3 is 2.27 bits per heavy atom. The maximum Gasteiger partial charge on any atom is 0.416 e. The zero-order valence-electron chi connectivity index (χ0n) is 21.5. The molecular formula is C26H26F7N5O2. The molecule has 0 radical (unpaired) electrons. The number of H-pyrrole nitrogens is 2. The molecule has 1 aliphatic heterocycles. The number of alkyl halides is 6. The summed E-state index contributed by atoms with van der Waals surface area (Å²) >= 11 is 0. The average molecular weight is 574 g/mol. The van der Waals surface area contributed by atoms with Gasteiger partial charge in [-0.15, -0.1) is 0 Å². The first-order chi connectivity index (χ1) is 18.6. The summed E-state index contributed by atoms with van der Waals surface area (Å²) in [4.78, 5) is 30.7. The minimum Gasteiger partial charge on any atom is -0.341 e. The molecule has 2 unspecified atom stereocenters. The van der Waals surface area contributed by atoms with Gasteiger partial charge in [-0.25, -0.2) is 14.3 Å². The number of hydrogen-bond acceptors (Lipinski definition) is 4. The molecule has 0 bridgehead atoms. The van der Waals surface area contributed by atoms with Crippen molar-refractivity contribution in [2.75, 3.05) is 20.1 Å². The number of nitrogens with zero attached hydrogens (tertiary/aromatic N) is 3. The van der Waals surface area contributed by atoms with E-state index in [-0.39, 0.29) is 18.2 Å². The van der Waals surface area contributed by atoms with Crippen LogP contribution in [-0.4, -0.2) is 51.0 Å². The van der Waals surface area contributed by atoms with Crippen molar-refractivity contribution in [3.05, 3.63) is 86.3 Å². The summed E-state index contributed by atoms with van der Waals surface area (Å²) in [6, 6.07) is 5.41. The summed E-state index contributed by atoms with van der Waals surface area (Å²) in [5, 5.41) is 6.17. The highest BCUT2D eigenvalue weighted by molar-refractivity contribution is 5.80. The molecule has 2 heterocycles. The van der Waals surface area contributed by atoms with Gasteiger partial charge in [0.05, 0.1) is 17.7 Å². The minimum atomic E-state index is -5.00. The monoisotopic (exact) mass is 573 g/mol. The van der Waals surface area contributed by atoms with Crippen molar-refractivity contribution in [3.8, 4) is 0 Å². The van der Waals surface area contributed by atoms with Crippen LogP contribution in [0.5, 0.6) is 0 Å². The largest absolute Gasteiger partial charge is 0.416 e. The van der Waals surface area contributed by atoms with Gasteiger partial charge in [0.1, 0.15) is 11.6 Å². The van der Waals surface area contributed by atoms with E-state index in [1.807, 2.05) is 4.90 Å². The number of likely N-dealkylation sites (tertiary alicyclic amines) is 1. The second kappa shape index (κ2) is 11.1. The topological polar surface area (TPSA) is 85.1 Å². The van der Waals surface area contributed by atoms with Crippen LogP contribution in [-0.2, 0) is 30.2 Å². The molecule has 1 amide bonds. The van der Waals surface area contributed by atoms with E-state index in [1.54, 1.807) is 13.0 Å². The van der Waals surface area contributed by atoms with E-state index in [0.717, 1.165) is 4.90 Å². The number of amides is 1. The lowest BCUT2D eigenvalue weighted by Crippen LogP contribution is -2.45. The molecule has 2 atom stereocenters.